The molecule has 0 aliphatic carbocycles. The maximum absolute atomic E-state index is 12.3. The minimum absolute atomic E-state index is 0.146. The van der Waals surface area contributed by atoms with E-state index in [1.54, 1.807) is 31.3 Å². The predicted octanol–water partition coefficient (Wildman–Crippen LogP) is 2.17. The third-order valence-electron chi connectivity index (χ3n) is 3.03. The first-order valence-electron chi connectivity index (χ1n) is 7.50. The number of aryl methyl sites for hydroxylation is 1. The molecule has 0 aliphatic rings. The van der Waals surface area contributed by atoms with Crippen LogP contribution in [0, 0.1) is 6.92 Å². The zero-order valence-corrected chi connectivity index (χ0v) is 14.4. The molecule has 0 radical (unpaired) electrons. The van der Waals surface area contributed by atoms with Crippen molar-refractivity contribution in [3.63, 3.8) is 0 Å². The molecule has 0 spiro atoms. The number of nitrogens with one attached hydrogen (secondary N) is 2. The molecule has 140 valence electrons. The number of aromatic nitrogens is 1. The molecule has 0 aromatic carbocycles. The molecule has 10 heteroatoms. The van der Waals surface area contributed by atoms with E-state index < -0.39 is 30.2 Å². The van der Waals surface area contributed by atoms with Gasteiger partial charge in [0, 0.05) is 24.0 Å². The third-order valence-corrected chi connectivity index (χ3v) is 3.03. The Hall–Kier alpha value is -2.52. The van der Waals surface area contributed by atoms with Crippen LogP contribution in [-0.4, -0.2) is 46.8 Å². The average molecular weight is 362 g/mol. The molecule has 0 aliphatic heterocycles. The van der Waals surface area contributed by atoms with Crippen LogP contribution in [0.15, 0.2) is 18.3 Å². The monoisotopic (exact) mass is 362 g/mol. The Bertz CT molecular complexity index is 620. The highest BCUT2D eigenvalue weighted by molar-refractivity contribution is 5.90. The topological polar surface area (TPSA) is 83.6 Å². The SMILES string of the molecule is CCN(Oc1ccnc(C)c1)C(=O)NC(C)(C)C(=O)NCC(F)(F)F. The van der Waals surface area contributed by atoms with Gasteiger partial charge in [0.15, 0.2) is 5.75 Å². The fourth-order valence-electron chi connectivity index (χ4n) is 1.74. The average Bonchev–Trinajstić information content (AvgIpc) is 2.48. The number of alkyl halides is 3. The predicted molar refractivity (Wildman–Crippen MR) is 83.7 cm³/mol. The quantitative estimate of drug-likeness (QED) is 0.760. The first-order chi connectivity index (χ1) is 11.4. The molecular weight excluding hydrogens is 341 g/mol. The van der Waals surface area contributed by atoms with Gasteiger partial charge in [-0.1, -0.05) is 0 Å². The smallest absolute Gasteiger partial charge is 0.375 e. The Kier molecular flexibility index (Phi) is 6.60. The molecule has 7 nitrogen and oxygen atoms in total. The van der Waals surface area contributed by atoms with Gasteiger partial charge in [0.25, 0.3) is 0 Å². The molecule has 1 aromatic rings. The highest BCUT2D eigenvalue weighted by atomic mass is 19.4. The van der Waals surface area contributed by atoms with Crippen LogP contribution in [0.25, 0.3) is 0 Å². The zero-order valence-electron chi connectivity index (χ0n) is 14.4. The Morgan fingerprint density at radius 3 is 2.48 bits per heavy atom. The number of amides is 3. The molecule has 1 rings (SSSR count). The molecular formula is C15H21F3N4O3. The van der Waals surface area contributed by atoms with Gasteiger partial charge in [-0.05, 0) is 27.7 Å². The summed E-state index contributed by atoms with van der Waals surface area (Å²) in [5, 5.41) is 5.03. The van der Waals surface area contributed by atoms with Gasteiger partial charge in [0.2, 0.25) is 5.91 Å². The molecule has 1 heterocycles. The number of hydroxylamine groups is 2. The number of pyridine rings is 1. The molecule has 0 fully saturated rings. The van der Waals surface area contributed by atoms with Crippen molar-refractivity contribution in [3.05, 3.63) is 24.0 Å². The molecule has 2 N–H and O–H groups in total. The van der Waals surface area contributed by atoms with Crippen LogP contribution in [0.4, 0.5) is 18.0 Å². The molecule has 0 unspecified atom stereocenters. The van der Waals surface area contributed by atoms with Crippen LogP contribution >= 0.6 is 0 Å². The van der Waals surface area contributed by atoms with E-state index >= 15 is 0 Å². The van der Waals surface area contributed by atoms with Gasteiger partial charge < -0.3 is 15.5 Å². The summed E-state index contributed by atoms with van der Waals surface area (Å²) < 4.78 is 36.6. The maximum atomic E-state index is 12.3. The largest absolute Gasteiger partial charge is 0.405 e. The number of hydrogen-bond acceptors (Lipinski definition) is 4. The summed E-state index contributed by atoms with van der Waals surface area (Å²) in [5.74, 6) is -0.599. The van der Waals surface area contributed by atoms with Gasteiger partial charge in [0.1, 0.15) is 12.1 Å². The molecule has 1 aromatic heterocycles. The normalized spacial score (nSPS) is 11.6. The van der Waals surface area contributed by atoms with Crippen LogP contribution in [0.2, 0.25) is 0 Å². The van der Waals surface area contributed by atoms with Crippen LogP contribution in [0.5, 0.6) is 5.75 Å². The third kappa shape index (κ3) is 6.86. The fraction of sp³-hybridized carbons (Fsp3) is 0.533. The highest BCUT2D eigenvalue weighted by Gasteiger charge is 2.35. The van der Waals surface area contributed by atoms with E-state index in [-0.39, 0.29) is 6.54 Å². The lowest BCUT2D eigenvalue weighted by atomic mass is 10.1. The standard InChI is InChI=1S/C15H21F3N4O3/c1-5-22(25-11-6-7-19-10(2)8-11)13(24)21-14(3,4)12(23)20-9-15(16,17)18/h6-8H,5,9H2,1-4H3,(H,20,23)(H,21,24). The van der Waals surface area contributed by atoms with Gasteiger partial charge in [-0.15, -0.1) is 0 Å². The lowest BCUT2D eigenvalue weighted by Crippen LogP contribution is -2.59. The molecule has 0 bridgehead atoms. The van der Waals surface area contributed by atoms with Crippen LogP contribution in [0.1, 0.15) is 26.5 Å². The van der Waals surface area contributed by atoms with Gasteiger partial charge in [-0.25, -0.2) is 4.79 Å². The fourth-order valence-corrected chi connectivity index (χ4v) is 1.74. The number of carbonyl (C=O) groups is 2. The summed E-state index contributed by atoms with van der Waals surface area (Å²) in [5.41, 5.74) is -0.881. The highest BCUT2D eigenvalue weighted by Crippen LogP contribution is 2.14. The van der Waals surface area contributed by atoms with E-state index in [2.05, 4.69) is 10.3 Å². The lowest BCUT2D eigenvalue weighted by Gasteiger charge is -2.29. The van der Waals surface area contributed by atoms with Crippen molar-refractivity contribution in [2.24, 2.45) is 0 Å². The number of hydrogen-bond donors (Lipinski definition) is 2. The summed E-state index contributed by atoms with van der Waals surface area (Å²) in [7, 11) is 0. The minimum Gasteiger partial charge on any atom is -0.375 e. The van der Waals surface area contributed by atoms with E-state index in [0.717, 1.165) is 5.06 Å². The summed E-state index contributed by atoms with van der Waals surface area (Å²) in [6.07, 6.45) is -3.03. The molecule has 0 saturated heterocycles. The van der Waals surface area contributed by atoms with Gasteiger partial charge in [-0.3, -0.25) is 9.78 Å². The molecule has 0 atom stereocenters. The van der Waals surface area contributed by atoms with Crippen molar-refractivity contribution in [1.82, 2.24) is 20.7 Å². The van der Waals surface area contributed by atoms with Gasteiger partial charge >= 0.3 is 12.2 Å². The number of nitrogens with zero attached hydrogens (tertiary/aromatic N) is 2. The summed E-state index contributed by atoms with van der Waals surface area (Å²) in [4.78, 5) is 33.5. The van der Waals surface area contributed by atoms with Crippen molar-refractivity contribution >= 4 is 11.9 Å². The van der Waals surface area contributed by atoms with Crippen LogP contribution < -0.4 is 15.5 Å². The van der Waals surface area contributed by atoms with Crippen LogP contribution in [0.3, 0.4) is 0 Å². The van der Waals surface area contributed by atoms with Crippen molar-refractivity contribution in [2.45, 2.75) is 39.4 Å². The first kappa shape index (κ1) is 20.5. The Morgan fingerprint density at radius 1 is 1.32 bits per heavy atom. The molecule has 25 heavy (non-hydrogen) atoms. The number of halogens is 3. The first-order valence-corrected chi connectivity index (χ1v) is 7.50. The van der Waals surface area contributed by atoms with E-state index in [1.165, 1.54) is 20.0 Å². The van der Waals surface area contributed by atoms with Crippen LogP contribution in [-0.2, 0) is 4.79 Å². The van der Waals surface area contributed by atoms with Gasteiger partial charge in [0.05, 0.1) is 6.54 Å². The summed E-state index contributed by atoms with van der Waals surface area (Å²) in [6.45, 7) is 4.65. The number of urea groups is 1. The molecule has 0 saturated carbocycles. The minimum atomic E-state index is -4.53. The summed E-state index contributed by atoms with van der Waals surface area (Å²) >= 11 is 0. The number of rotatable bonds is 6. The van der Waals surface area contributed by atoms with E-state index in [0.29, 0.717) is 11.4 Å². The van der Waals surface area contributed by atoms with Crippen molar-refractivity contribution < 1.29 is 27.6 Å². The Morgan fingerprint density at radius 2 is 1.96 bits per heavy atom. The lowest BCUT2D eigenvalue weighted by molar-refractivity contribution is -0.141. The van der Waals surface area contributed by atoms with Crippen molar-refractivity contribution in [2.75, 3.05) is 13.1 Å². The zero-order chi connectivity index (χ0) is 19.3. The van der Waals surface area contributed by atoms with E-state index in [4.69, 9.17) is 4.84 Å². The number of carbonyl (C=O) groups excluding carboxylic acids is 2. The Balaban J connectivity index is 2.71. The second kappa shape index (κ2) is 8.04. The second-order valence-electron chi connectivity index (χ2n) is 5.77. The Labute approximate surface area is 143 Å². The molecule has 3 amide bonds. The second-order valence-corrected chi connectivity index (χ2v) is 5.77. The van der Waals surface area contributed by atoms with Gasteiger partial charge in [-0.2, -0.15) is 18.2 Å². The van der Waals surface area contributed by atoms with E-state index in [1.807, 2.05) is 0 Å². The maximum Gasteiger partial charge on any atom is 0.405 e. The van der Waals surface area contributed by atoms with Crippen molar-refractivity contribution in [3.8, 4) is 5.75 Å². The summed E-state index contributed by atoms with van der Waals surface area (Å²) in [6, 6.07) is 2.39. The van der Waals surface area contributed by atoms with Crippen molar-refractivity contribution in [1.29, 1.82) is 0 Å². The van der Waals surface area contributed by atoms with E-state index in [9.17, 15) is 22.8 Å².